The molecule has 3 nitrogen and oxygen atoms in total. The van der Waals surface area contributed by atoms with Crippen LogP contribution in [0.2, 0.25) is 0 Å². The lowest BCUT2D eigenvalue weighted by Crippen LogP contribution is -2.11. The standard InChI is InChI=1S/C19H15NO2S/c1-14-13-20(23(21,22)17-9-3-2-4-10-17)19-12-16-8-6-5-7-15(16)11-18(14)19/h2-13H,1H3. The van der Waals surface area contributed by atoms with Gasteiger partial charge >= 0.3 is 0 Å². The van der Waals surface area contributed by atoms with E-state index in [0.29, 0.717) is 10.4 Å². The van der Waals surface area contributed by atoms with Crippen molar-refractivity contribution in [1.29, 1.82) is 0 Å². The van der Waals surface area contributed by atoms with Gasteiger partial charge in [-0.15, -0.1) is 0 Å². The molecule has 1 aromatic heterocycles. The number of hydrogen-bond donors (Lipinski definition) is 0. The van der Waals surface area contributed by atoms with Gasteiger partial charge in [0.05, 0.1) is 10.4 Å². The first-order valence-corrected chi connectivity index (χ1v) is 8.82. The number of fused-ring (bicyclic) bond motifs is 2. The highest BCUT2D eigenvalue weighted by Crippen LogP contribution is 2.29. The predicted octanol–water partition coefficient (Wildman–Crippen LogP) is 4.34. The van der Waals surface area contributed by atoms with Crippen LogP contribution in [0.5, 0.6) is 0 Å². The number of benzene rings is 3. The number of rotatable bonds is 2. The molecule has 0 unspecified atom stereocenters. The topological polar surface area (TPSA) is 39.1 Å². The molecule has 23 heavy (non-hydrogen) atoms. The Bertz CT molecular complexity index is 1130. The number of hydrogen-bond acceptors (Lipinski definition) is 2. The van der Waals surface area contributed by atoms with Crippen LogP contribution in [0.1, 0.15) is 5.56 Å². The third kappa shape index (κ3) is 2.14. The Balaban J connectivity index is 2.06. The molecule has 0 amide bonds. The van der Waals surface area contributed by atoms with Crippen LogP contribution < -0.4 is 0 Å². The van der Waals surface area contributed by atoms with E-state index in [9.17, 15) is 8.42 Å². The molecule has 3 aromatic carbocycles. The summed E-state index contributed by atoms with van der Waals surface area (Å²) in [4.78, 5) is 0.296. The van der Waals surface area contributed by atoms with Crippen LogP contribution in [-0.4, -0.2) is 12.4 Å². The molecule has 0 aliphatic carbocycles. The second-order valence-corrected chi connectivity index (χ2v) is 7.46. The molecular weight excluding hydrogens is 306 g/mol. The van der Waals surface area contributed by atoms with Crippen molar-refractivity contribution in [3.63, 3.8) is 0 Å². The van der Waals surface area contributed by atoms with Crippen molar-refractivity contribution in [1.82, 2.24) is 3.97 Å². The molecule has 4 heteroatoms. The van der Waals surface area contributed by atoms with Crippen molar-refractivity contribution in [2.75, 3.05) is 0 Å². The van der Waals surface area contributed by atoms with E-state index in [1.165, 1.54) is 3.97 Å². The molecule has 0 N–H and O–H groups in total. The van der Waals surface area contributed by atoms with Crippen molar-refractivity contribution in [3.8, 4) is 0 Å². The molecule has 0 fully saturated rings. The molecule has 4 aromatic rings. The van der Waals surface area contributed by atoms with Crippen LogP contribution in [0.15, 0.2) is 77.8 Å². The highest BCUT2D eigenvalue weighted by atomic mass is 32.2. The molecule has 0 bridgehead atoms. The summed E-state index contributed by atoms with van der Waals surface area (Å²) in [6.07, 6.45) is 1.70. The van der Waals surface area contributed by atoms with E-state index in [1.54, 1.807) is 30.5 Å². The fourth-order valence-corrected chi connectivity index (χ4v) is 4.38. The van der Waals surface area contributed by atoms with Gasteiger partial charge in [-0.1, -0.05) is 42.5 Å². The van der Waals surface area contributed by atoms with E-state index in [1.807, 2.05) is 43.3 Å². The summed E-state index contributed by atoms with van der Waals surface area (Å²) in [5.74, 6) is 0. The average Bonchev–Trinajstić information content (AvgIpc) is 2.91. The summed E-state index contributed by atoms with van der Waals surface area (Å²) in [7, 11) is -3.60. The van der Waals surface area contributed by atoms with Gasteiger partial charge in [0.1, 0.15) is 0 Å². The van der Waals surface area contributed by atoms with Gasteiger partial charge in [0.15, 0.2) is 0 Å². The fraction of sp³-hybridized carbons (Fsp3) is 0.0526. The van der Waals surface area contributed by atoms with E-state index in [-0.39, 0.29) is 0 Å². The van der Waals surface area contributed by atoms with Crippen LogP contribution in [-0.2, 0) is 10.0 Å². The third-order valence-corrected chi connectivity index (χ3v) is 5.83. The molecule has 0 aliphatic rings. The normalized spacial score (nSPS) is 12.0. The minimum absolute atomic E-state index is 0.296. The smallest absolute Gasteiger partial charge is 0.241 e. The molecule has 0 radical (unpaired) electrons. The Hall–Kier alpha value is -2.59. The Morgan fingerprint density at radius 3 is 2.13 bits per heavy atom. The van der Waals surface area contributed by atoms with Gasteiger partial charge in [-0.05, 0) is 47.5 Å². The van der Waals surface area contributed by atoms with Crippen molar-refractivity contribution in [3.05, 3.63) is 78.5 Å². The van der Waals surface area contributed by atoms with E-state index >= 15 is 0 Å². The van der Waals surface area contributed by atoms with Crippen LogP contribution in [0, 0.1) is 6.92 Å². The first-order chi connectivity index (χ1) is 11.1. The molecule has 0 aliphatic heterocycles. The minimum Gasteiger partial charge on any atom is -0.241 e. The monoisotopic (exact) mass is 321 g/mol. The zero-order chi connectivity index (χ0) is 16.0. The summed E-state index contributed by atoms with van der Waals surface area (Å²) in [6.45, 7) is 1.94. The van der Waals surface area contributed by atoms with Crippen molar-refractivity contribution in [2.24, 2.45) is 0 Å². The maximum Gasteiger partial charge on any atom is 0.268 e. The van der Waals surface area contributed by atoms with Gasteiger partial charge in [0.2, 0.25) is 0 Å². The Kier molecular flexibility index (Phi) is 3.03. The van der Waals surface area contributed by atoms with Crippen LogP contribution in [0.3, 0.4) is 0 Å². The second-order valence-electron chi connectivity index (χ2n) is 5.64. The molecule has 0 atom stereocenters. The van der Waals surface area contributed by atoms with E-state index in [4.69, 9.17) is 0 Å². The van der Waals surface area contributed by atoms with Gasteiger partial charge in [-0.25, -0.2) is 12.4 Å². The van der Waals surface area contributed by atoms with Crippen molar-refractivity contribution in [2.45, 2.75) is 11.8 Å². The summed E-state index contributed by atoms with van der Waals surface area (Å²) < 4.78 is 27.3. The highest BCUT2D eigenvalue weighted by Gasteiger charge is 2.20. The Morgan fingerprint density at radius 2 is 1.43 bits per heavy atom. The lowest BCUT2D eigenvalue weighted by atomic mass is 10.1. The van der Waals surface area contributed by atoms with E-state index in [2.05, 4.69) is 6.07 Å². The summed E-state index contributed by atoms with van der Waals surface area (Å²) in [5.41, 5.74) is 1.66. The van der Waals surface area contributed by atoms with Gasteiger partial charge in [-0.3, -0.25) is 0 Å². The molecular formula is C19H15NO2S. The predicted molar refractivity (Wildman–Crippen MR) is 93.2 cm³/mol. The quantitative estimate of drug-likeness (QED) is 0.551. The molecule has 0 saturated heterocycles. The molecule has 114 valence electrons. The minimum atomic E-state index is -3.60. The molecule has 4 rings (SSSR count). The van der Waals surface area contributed by atoms with Gasteiger partial charge < -0.3 is 0 Å². The van der Waals surface area contributed by atoms with E-state index in [0.717, 1.165) is 21.7 Å². The zero-order valence-corrected chi connectivity index (χ0v) is 13.4. The summed E-state index contributed by atoms with van der Waals surface area (Å²) in [5, 5.41) is 3.10. The number of nitrogens with zero attached hydrogens (tertiary/aromatic N) is 1. The maximum atomic E-state index is 13.0. The summed E-state index contributed by atoms with van der Waals surface area (Å²) in [6, 6.07) is 20.5. The molecule has 0 spiro atoms. The SMILES string of the molecule is Cc1cn(S(=O)(=O)c2ccccc2)c2cc3ccccc3cc12. The number of aromatic nitrogens is 1. The summed E-state index contributed by atoms with van der Waals surface area (Å²) >= 11 is 0. The van der Waals surface area contributed by atoms with E-state index < -0.39 is 10.0 Å². The average molecular weight is 321 g/mol. The van der Waals surface area contributed by atoms with Crippen LogP contribution >= 0.6 is 0 Å². The first kappa shape index (κ1) is 14.0. The second kappa shape index (κ2) is 4.96. The maximum absolute atomic E-state index is 13.0. The third-order valence-electron chi connectivity index (χ3n) is 4.14. The van der Waals surface area contributed by atoms with Crippen molar-refractivity contribution >= 4 is 31.7 Å². The highest BCUT2D eigenvalue weighted by molar-refractivity contribution is 7.90. The van der Waals surface area contributed by atoms with Gasteiger partial charge in [0.25, 0.3) is 10.0 Å². The number of aryl methyl sites for hydroxylation is 1. The van der Waals surface area contributed by atoms with Crippen LogP contribution in [0.25, 0.3) is 21.7 Å². The molecule has 1 heterocycles. The lowest BCUT2D eigenvalue weighted by molar-refractivity contribution is 0.589. The van der Waals surface area contributed by atoms with Gasteiger partial charge in [0, 0.05) is 11.6 Å². The Morgan fingerprint density at radius 1 is 0.826 bits per heavy atom. The first-order valence-electron chi connectivity index (χ1n) is 7.38. The molecule has 0 saturated carbocycles. The largest absolute Gasteiger partial charge is 0.268 e. The van der Waals surface area contributed by atoms with Crippen LogP contribution in [0.4, 0.5) is 0 Å². The van der Waals surface area contributed by atoms with Crippen molar-refractivity contribution < 1.29 is 8.42 Å². The zero-order valence-electron chi connectivity index (χ0n) is 12.6. The lowest BCUT2D eigenvalue weighted by Gasteiger charge is -2.08. The Labute approximate surface area is 134 Å². The fourth-order valence-electron chi connectivity index (χ4n) is 2.95. The van der Waals surface area contributed by atoms with Gasteiger partial charge in [-0.2, -0.15) is 0 Å².